The summed E-state index contributed by atoms with van der Waals surface area (Å²) >= 11 is 3.37. The molecular weight excluding hydrogens is 326 g/mol. The monoisotopic (exact) mass is 339 g/mol. The summed E-state index contributed by atoms with van der Waals surface area (Å²) in [4.78, 5) is 12.1. The van der Waals surface area contributed by atoms with Crippen LogP contribution in [0.15, 0.2) is 22.7 Å². The number of benzene rings is 1. The molecule has 106 valence electrons. The number of aromatic nitrogens is 4. The zero-order valence-corrected chi connectivity index (χ0v) is 12.7. The van der Waals surface area contributed by atoms with Crippen molar-refractivity contribution < 1.29 is 9.53 Å². The Morgan fingerprint density at radius 1 is 1.45 bits per heavy atom. The molecule has 0 atom stereocenters. The first-order valence-electron chi connectivity index (χ1n) is 6.15. The van der Waals surface area contributed by atoms with Crippen molar-refractivity contribution in [3.8, 4) is 5.75 Å². The maximum Gasteiger partial charge on any atom is 0.258 e. The van der Waals surface area contributed by atoms with Gasteiger partial charge >= 0.3 is 0 Å². The molecule has 0 bridgehead atoms. The second-order valence-corrected chi connectivity index (χ2v) is 4.70. The average Bonchev–Trinajstić information content (AvgIpc) is 2.88. The van der Waals surface area contributed by atoms with E-state index in [1.807, 2.05) is 13.8 Å². The van der Waals surface area contributed by atoms with Crippen LogP contribution in [-0.2, 0) is 6.54 Å². The molecule has 0 aliphatic heterocycles. The van der Waals surface area contributed by atoms with Gasteiger partial charge in [-0.2, -0.15) is 0 Å². The molecule has 1 amide bonds. The Kier molecular flexibility index (Phi) is 4.67. The molecule has 1 heterocycles. The standard InChI is InChI=1S/C12H14BrN5O2/c1-3-18-12(15-16-17-18)14-11(19)8-5-6-10(20-4-2)9(13)7-8/h5-7H,3-4H2,1-2H3,(H,14,15,17,19). The number of nitrogens with zero attached hydrogens (tertiary/aromatic N) is 4. The molecular formula is C12H14BrN5O2. The van der Waals surface area contributed by atoms with Crippen molar-refractivity contribution in [2.24, 2.45) is 0 Å². The fourth-order valence-corrected chi connectivity index (χ4v) is 2.09. The topological polar surface area (TPSA) is 81.9 Å². The molecule has 1 aromatic heterocycles. The van der Waals surface area contributed by atoms with E-state index in [4.69, 9.17) is 4.74 Å². The maximum absolute atomic E-state index is 12.1. The molecule has 0 radical (unpaired) electrons. The zero-order chi connectivity index (χ0) is 14.5. The SMILES string of the molecule is CCOc1ccc(C(=O)Nc2nnnn2CC)cc1Br. The van der Waals surface area contributed by atoms with Gasteiger partial charge in [-0.25, -0.2) is 4.68 Å². The third-order valence-electron chi connectivity index (χ3n) is 2.55. The highest BCUT2D eigenvalue weighted by molar-refractivity contribution is 9.10. The second-order valence-electron chi connectivity index (χ2n) is 3.85. The summed E-state index contributed by atoms with van der Waals surface area (Å²) < 4.78 is 7.62. The maximum atomic E-state index is 12.1. The first-order valence-corrected chi connectivity index (χ1v) is 6.94. The number of nitrogens with one attached hydrogen (secondary N) is 1. The molecule has 20 heavy (non-hydrogen) atoms. The molecule has 0 fully saturated rings. The number of rotatable bonds is 5. The lowest BCUT2D eigenvalue weighted by molar-refractivity contribution is 0.102. The van der Waals surface area contributed by atoms with Crippen LogP contribution in [0.2, 0.25) is 0 Å². The van der Waals surface area contributed by atoms with Gasteiger partial charge in [-0.15, -0.1) is 0 Å². The zero-order valence-electron chi connectivity index (χ0n) is 11.1. The Balaban J connectivity index is 2.15. The Morgan fingerprint density at radius 2 is 2.25 bits per heavy atom. The number of tetrazole rings is 1. The molecule has 0 spiro atoms. The number of carbonyl (C=O) groups is 1. The molecule has 1 aromatic carbocycles. The van der Waals surface area contributed by atoms with Crippen molar-refractivity contribution in [3.05, 3.63) is 28.2 Å². The van der Waals surface area contributed by atoms with Gasteiger partial charge in [-0.05, 0) is 58.4 Å². The summed E-state index contributed by atoms with van der Waals surface area (Å²) in [5.74, 6) is 0.739. The van der Waals surface area contributed by atoms with Gasteiger partial charge in [0.1, 0.15) is 5.75 Å². The molecule has 8 heteroatoms. The van der Waals surface area contributed by atoms with E-state index in [2.05, 4.69) is 36.8 Å². The second kappa shape index (κ2) is 6.47. The van der Waals surface area contributed by atoms with Crippen LogP contribution < -0.4 is 10.1 Å². The lowest BCUT2D eigenvalue weighted by Gasteiger charge is -2.08. The fourth-order valence-electron chi connectivity index (χ4n) is 1.60. The number of carbonyl (C=O) groups excluding carboxylic acids is 1. The van der Waals surface area contributed by atoms with E-state index in [0.29, 0.717) is 30.4 Å². The molecule has 0 aliphatic carbocycles. The van der Waals surface area contributed by atoms with E-state index >= 15 is 0 Å². The Bertz CT molecular complexity index is 614. The minimum atomic E-state index is -0.279. The van der Waals surface area contributed by atoms with E-state index in [1.54, 1.807) is 18.2 Å². The van der Waals surface area contributed by atoms with Crippen molar-refractivity contribution in [3.63, 3.8) is 0 Å². The number of amides is 1. The van der Waals surface area contributed by atoms with Crippen molar-refractivity contribution in [2.45, 2.75) is 20.4 Å². The van der Waals surface area contributed by atoms with E-state index < -0.39 is 0 Å². The van der Waals surface area contributed by atoms with E-state index in [0.717, 1.165) is 4.47 Å². The fraction of sp³-hybridized carbons (Fsp3) is 0.333. The largest absolute Gasteiger partial charge is 0.493 e. The number of aryl methyl sites for hydroxylation is 1. The Hall–Kier alpha value is -1.96. The highest BCUT2D eigenvalue weighted by Crippen LogP contribution is 2.26. The van der Waals surface area contributed by atoms with Crippen LogP contribution in [0.1, 0.15) is 24.2 Å². The third kappa shape index (κ3) is 3.13. The Labute approximate surface area is 124 Å². The normalized spacial score (nSPS) is 10.3. The van der Waals surface area contributed by atoms with Crippen LogP contribution in [0.25, 0.3) is 0 Å². The average molecular weight is 340 g/mol. The van der Waals surface area contributed by atoms with Gasteiger partial charge in [0.2, 0.25) is 5.95 Å². The molecule has 0 saturated carbocycles. The first-order chi connectivity index (χ1) is 9.65. The van der Waals surface area contributed by atoms with E-state index in [9.17, 15) is 4.79 Å². The van der Waals surface area contributed by atoms with Crippen LogP contribution in [0.4, 0.5) is 5.95 Å². The summed E-state index contributed by atoms with van der Waals surface area (Å²) in [5.41, 5.74) is 0.492. The van der Waals surface area contributed by atoms with Gasteiger partial charge in [0.15, 0.2) is 0 Å². The Morgan fingerprint density at radius 3 is 2.90 bits per heavy atom. The predicted molar refractivity (Wildman–Crippen MR) is 76.8 cm³/mol. The molecule has 0 unspecified atom stereocenters. The van der Waals surface area contributed by atoms with E-state index in [1.165, 1.54) is 4.68 Å². The van der Waals surface area contributed by atoms with Crippen LogP contribution in [0.5, 0.6) is 5.75 Å². The quantitative estimate of drug-likeness (QED) is 0.901. The highest BCUT2D eigenvalue weighted by atomic mass is 79.9. The number of hydrogen-bond donors (Lipinski definition) is 1. The smallest absolute Gasteiger partial charge is 0.258 e. The molecule has 2 aromatic rings. The van der Waals surface area contributed by atoms with E-state index in [-0.39, 0.29) is 5.91 Å². The van der Waals surface area contributed by atoms with Gasteiger partial charge < -0.3 is 4.74 Å². The lowest BCUT2D eigenvalue weighted by atomic mass is 10.2. The van der Waals surface area contributed by atoms with Crippen molar-refractivity contribution >= 4 is 27.8 Å². The number of hydrogen-bond acceptors (Lipinski definition) is 5. The number of halogens is 1. The van der Waals surface area contributed by atoms with Gasteiger partial charge in [0.05, 0.1) is 11.1 Å². The predicted octanol–water partition coefficient (Wildman–Crippen LogP) is 2.11. The highest BCUT2D eigenvalue weighted by Gasteiger charge is 2.12. The van der Waals surface area contributed by atoms with Gasteiger partial charge in [0.25, 0.3) is 5.91 Å². The summed E-state index contributed by atoms with van der Waals surface area (Å²) in [6, 6.07) is 5.12. The number of ether oxygens (including phenoxy) is 1. The molecule has 0 saturated heterocycles. The van der Waals surface area contributed by atoms with Gasteiger partial charge in [0, 0.05) is 12.1 Å². The molecule has 2 rings (SSSR count). The minimum Gasteiger partial charge on any atom is -0.493 e. The summed E-state index contributed by atoms with van der Waals surface area (Å²) in [7, 11) is 0. The number of anilines is 1. The first kappa shape index (κ1) is 14.4. The summed E-state index contributed by atoms with van der Waals surface area (Å²) in [6.07, 6.45) is 0. The molecule has 0 aliphatic rings. The van der Waals surface area contributed by atoms with Crippen molar-refractivity contribution in [1.82, 2.24) is 20.2 Å². The van der Waals surface area contributed by atoms with Crippen LogP contribution in [0, 0.1) is 0 Å². The molecule has 7 nitrogen and oxygen atoms in total. The van der Waals surface area contributed by atoms with Crippen LogP contribution in [0.3, 0.4) is 0 Å². The van der Waals surface area contributed by atoms with Gasteiger partial charge in [-0.1, -0.05) is 5.10 Å². The minimum absolute atomic E-state index is 0.279. The summed E-state index contributed by atoms with van der Waals surface area (Å²) in [5, 5.41) is 13.7. The van der Waals surface area contributed by atoms with Crippen molar-refractivity contribution in [1.29, 1.82) is 0 Å². The van der Waals surface area contributed by atoms with Crippen molar-refractivity contribution in [2.75, 3.05) is 11.9 Å². The lowest BCUT2D eigenvalue weighted by Crippen LogP contribution is -2.16. The molecule has 1 N–H and O–H groups in total. The van der Waals surface area contributed by atoms with Gasteiger partial charge in [-0.3, -0.25) is 10.1 Å². The van der Waals surface area contributed by atoms with Crippen LogP contribution >= 0.6 is 15.9 Å². The van der Waals surface area contributed by atoms with Crippen LogP contribution in [-0.4, -0.2) is 32.7 Å². The third-order valence-corrected chi connectivity index (χ3v) is 3.17. The summed E-state index contributed by atoms with van der Waals surface area (Å²) in [6.45, 7) is 4.93.